The van der Waals surface area contributed by atoms with Gasteiger partial charge in [-0.1, -0.05) is 13.0 Å². The van der Waals surface area contributed by atoms with E-state index in [9.17, 15) is 0 Å². The van der Waals surface area contributed by atoms with Crippen LogP contribution in [0.1, 0.15) is 26.2 Å². The van der Waals surface area contributed by atoms with Gasteiger partial charge in [-0.25, -0.2) is 0 Å². The molecule has 10 heavy (non-hydrogen) atoms. The minimum Gasteiger partial charge on any atom is -0.497 e. The van der Waals surface area contributed by atoms with Gasteiger partial charge in [0.2, 0.25) is 0 Å². The molecule has 0 heterocycles. The molecule has 0 bridgehead atoms. The molecule has 0 aromatic rings. The lowest BCUT2D eigenvalue weighted by Crippen LogP contribution is -1.95. The van der Waals surface area contributed by atoms with Gasteiger partial charge in [0.1, 0.15) is 5.76 Å². The predicted octanol–water partition coefficient (Wildman–Crippen LogP) is 2.65. The fourth-order valence-electron chi connectivity index (χ4n) is 1.25. The zero-order valence-electron chi connectivity index (χ0n) is 6.68. The lowest BCUT2D eigenvalue weighted by atomic mass is 10.0. The SMILES string of the molecule is CCC1=C(OC)C=CCC1. The topological polar surface area (TPSA) is 9.23 Å². The lowest BCUT2D eigenvalue weighted by molar-refractivity contribution is 0.297. The van der Waals surface area contributed by atoms with Crippen molar-refractivity contribution in [3.8, 4) is 0 Å². The Labute approximate surface area is 62.4 Å². The van der Waals surface area contributed by atoms with E-state index in [2.05, 4.69) is 19.1 Å². The van der Waals surface area contributed by atoms with Crippen molar-refractivity contribution in [1.82, 2.24) is 0 Å². The van der Waals surface area contributed by atoms with Gasteiger partial charge >= 0.3 is 0 Å². The van der Waals surface area contributed by atoms with Crippen LogP contribution in [0.15, 0.2) is 23.5 Å². The maximum absolute atomic E-state index is 5.19. The summed E-state index contributed by atoms with van der Waals surface area (Å²) in [5.74, 6) is 1.08. The van der Waals surface area contributed by atoms with Gasteiger partial charge in [0.25, 0.3) is 0 Å². The summed E-state index contributed by atoms with van der Waals surface area (Å²) in [5, 5.41) is 0. The van der Waals surface area contributed by atoms with Gasteiger partial charge in [0.05, 0.1) is 7.11 Å². The van der Waals surface area contributed by atoms with Crippen LogP contribution in [0.3, 0.4) is 0 Å². The van der Waals surface area contributed by atoms with Crippen molar-refractivity contribution in [3.05, 3.63) is 23.5 Å². The first-order chi connectivity index (χ1) is 4.88. The maximum Gasteiger partial charge on any atom is 0.117 e. The Morgan fingerprint density at radius 1 is 1.60 bits per heavy atom. The van der Waals surface area contributed by atoms with E-state index in [0.717, 1.165) is 12.2 Å². The summed E-state index contributed by atoms with van der Waals surface area (Å²) in [6, 6.07) is 0. The van der Waals surface area contributed by atoms with Crippen LogP contribution in [0.5, 0.6) is 0 Å². The van der Waals surface area contributed by atoms with Gasteiger partial charge < -0.3 is 4.74 Å². The van der Waals surface area contributed by atoms with Gasteiger partial charge in [-0.2, -0.15) is 0 Å². The first kappa shape index (κ1) is 7.39. The molecule has 1 aliphatic carbocycles. The van der Waals surface area contributed by atoms with Gasteiger partial charge in [-0.3, -0.25) is 0 Å². The molecule has 0 aliphatic heterocycles. The smallest absolute Gasteiger partial charge is 0.117 e. The first-order valence-corrected chi connectivity index (χ1v) is 3.81. The average Bonchev–Trinajstić information content (AvgIpc) is 2.04. The quantitative estimate of drug-likeness (QED) is 0.570. The Balaban J connectivity index is 2.73. The van der Waals surface area contributed by atoms with E-state index in [1.807, 2.05) is 0 Å². The highest BCUT2D eigenvalue weighted by Crippen LogP contribution is 2.21. The molecular weight excluding hydrogens is 124 g/mol. The standard InChI is InChI=1S/C9H14O/c1-3-8-6-4-5-7-9(8)10-2/h5,7H,3-4,6H2,1-2H3. The molecule has 0 saturated heterocycles. The van der Waals surface area contributed by atoms with Crippen LogP contribution in [0, 0.1) is 0 Å². The fraction of sp³-hybridized carbons (Fsp3) is 0.556. The lowest BCUT2D eigenvalue weighted by Gasteiger charge is -2.12. The molecule has 1 heteroatoms. The Kier molecular flexibility index (Phi) is 2.55. The van der Waals surface area contributed by atoms with Crippen LogP contribution in [0.2, 0.25) is 0 Å². The number of hydrogen-bond donors (Lipinski definition) is 0. The predicted molar refractivity (Wildman–Crippen MR) is 42.7 cm³/mol. The first-order valence-electron chi connectivity index (χ1n) is 3.81. The second-order valence-corrected chi connectivity index (χ2v) is 2.47. The molecule has 0 atom stereocenters. The van der Waals surface area contributed by atoms with E-state index in [-0.39, 0.29) is 0 Å². The summed E-state index contributed by atoms with van der Waals surface area (Å²) >= 11 is 0. The van der Waals surface area contributed by atoms with E-state index in [1.54, 1.807) is 7.11 Å². The molecule has 0 aromatic carbocycles. The third-order valence-electron chi connectivity index (χ3n) is 1.88. The largest absolute Gasteiger partial charge is 0.497 e. The highest BCUT2D eigenvalue weighted by Gasteiger charge is 2.05. The highest BCUT2D eigenvalue weighted by atomic mass is 16.5. The molecule has 0 N–H and O–H groups in total. The van der Waals surface area contributed by atoms with E-state index in [0.29, 0.717) is 0 Å². The van der Waals surface area contributed by atoms with E-state index >= 15 is 0 Å². The van der Waals surface area contributed by atoms with E-state index in [1.165, 1.54) is 18.4 Å². The average molecular weight is 138 g/mol. The number of allylic oxidation sites excluding steroid dienone is 3. The van der Waals surface area contributed by atoms with Gasteiger partial charge in [0.15, 0.2) is 0 Å². The van der Waals surface area contributed by atoms with Gasteiger partial charge in [-0.15, -0.1) is 0 Å². The molecule has 1 nitrogen and oxygen atoms in total. The third kappa shape index (κ3) is 1.41. The number of rotatable bonds is 2. The van der Waals surface area contributed by atoms with Crippen molar-refractivity contribution < 1.29 is 4.74 Å². The summed E-state index contributed by atoms with van der Waals surface area (Å²) in [5.41, 5.74) is 1.45. The highest BCUT2D eigenvalue weighted by molar-refractivity contribution is 5.24. The van der Waals surface area contributed by atoms with Crippen LogP contribution >= 0.6 is 0 Å². The van der Waals surface area contributed by atoms with Crippen LogP contribution in [-0.4, -0.2) is 7.11 Å². The summed E-state index contributed by atoms with van der Waals surface area (Å²) in [4.78, 5) is 0. The summed E-state index contributed by atoms with van der Waals surface area (Å²) < 4.78 is 5.19. The molecule has 1 aliphatic rings. The maximum atomic E-state index is 5.19. The van der Waals surface area contributed by atoms with Crippen molar-refractivity contribution >= 4 is 0 Å². The second kappa shape index (κ2) is 3.45. The van der Waals surface area contributed by atoms with Crippen molar-refractivity contribution in [3.63, 3.8) is 0 Å². The van der Waals surface area contributed by atoms with Crippen molar-refractivity contribution in [2.75, 3.05) is 7.11 Å². The minimum atomic E-state index is 1.08. The zero-order valence-corrected chi connectivity index (χ0v) is 6.68. The summed E-state index contributed by atoms with van der Waals surface area (Å²) in [7, 11) is 1.74. The Bertz CT molecular complexity index is 166. The third-order valence-corrected chi connectivity index (χ3v) is 1.88. The zero-order chi connectivity index (χ0) is 7.40. The molecule has 1 rings (SSSR count). The Morgan fingerprint density at radius 2 is 2.40 bits per heavy atom. The van der Waals surface area contributed by atoms with Crippen LogP contribution < -0.4 is 0 Å². The molecule has 0 fully saturated rings. The second-order valence-electron chi connectivity index (χ2n) is 2.47. The van der Waals surface area contributed by atoms with Crippen LogP contribution in [-0.2, 0) is 4.74 Å². The fourth-order valence-corrected chi connectivity index (χ4v) is 1.25. The van der Waals surface area contributed by atoms with Crippen LogP contribution in [0.4, 0.5) is 0 Å². The summed E-state index contributed by atoms with van der Waals surface area (Å²) in [6.07, 6.45) is 7.71. The van der Waals surface area contributed by atoms with E-state index in [4.69, 9.17) is 4.74 Å². The molecule has 0 spiro atoms. The van der Waals surface area contributed by atoms with Crippen molar-refractivity contribution in [2.24, 2.45) is 0 Å². The van der Waals surface area contributed by atoms with Crippen molar-refractivity contribution in [1.29, 1.82) is 0 Å². The Morgan fingerprint density at radius 3 is 2.90 bits per heavy atom. The van der Waals surface area contributed by atoms with Crippen LogP contribution in [0.25, 0.3) is 0 Å². The number of hydrogen-bond acceptors (Lipinski definition) is 1. The Hall–Kier alpha value is -0.720. The number of ether oxygens (including phenoxy) is 1. The van der Waals surface area contributed by atoms with E-state index < -0.39 is 0 Å². The van der Waals surface area contributed by atoms with Gasteiger partial charge in [-0.05, 0) is 30.9 Å². The molecule has 0 saturated carbocycles. The van der Waals surface area contributed by atoms with Gasteiger partial charge in [0, 0.05) is 0 Å². The normalized spacial score (nSPS) is 17.8. The molecule has 0 amide bonds. The number of methoxy groups -OCH3 is 1. The monoisotopic (exact) mass is 138 g/mol. The molecule has 0 unspecified atom stereocenters. The molecular formula is C9H14O. The minimum absolute atomic E-state index is 1.08. The molecule has 0 radical (unpaired) electrons. The molecule has 0 aromatic heterocycles. The van der Waals surface area contributed by atoms with Crippen molar-refractivity contribution in [2.45, 2.75) is 26.2 Å². The molecule has 56 valence electrons. The summed E-state index contributed by atoms with van der Waals surface area (Å²) in [6.45, 7) is 2.17.